The Morgan fingerprint density at radius 3 is 3.00 bits per heavy atom. The fraction of sp³-hybridized carbons (Fsp3) is 0.600. The zero-order valence-electron chi connectivity index (χ0n) is 11.5. The van der Waals surface area contributed by atoms with Gasteiger partial charge in [0.15, 0.2) is 0 Å². The van der Waals surface area contributed by atoms with E-state index in [4.69, 9.17) is 0 Å². The summed E-state index contributed by atoms with van der Waals surface area (Å²) in [5.41, 5.74) is 1.77. The third kappa shape index (κ3) is 2.63. The first kappa shape index (κ1) is 12.6. The topological polar surface area (TPSA) is 36.4 Å². The first-order valence-corrected chi connectivity index (χ1v) is 7.16. The van der Waals surface area contributed by atoms with Crippen molar-refractivity contribution in [1.82, 2.24) is 14.8 Å². The van der Waals surface area contributed by atoms with Crippen LogP contribution in [-0.2, 0) is 6.42 Å². The first-order valence-electron chi connectivity index (χ1n) is 7.16. The largest absolute Gasteiger partial charge is 0.341 e. The molecule has 4 heteroatoms. The highest BCUT2D eigenvalue weighted by Crippen LogP contribution is 2.22. The number of hydrogen-bond donors (Lipinski definition) is 0. The van der Waals surface area contributed by atoms with Crippen molar-refractivity contribution in [1.29, 1.82) is 0 Å². The molecule has 2 aliphatic rings. The van der Waals surface area contributed by atoms with Crippen molar-refractivity contribution in [2.75, 3.05) is 33.2 Å². The zero-order chi connectivity index (χ0) is 13.2. The monoisotopic (exact) mass is 259 g/mol. The molecule has 0 aromatic carbocycles. The minimum absolute atomic E-state index is 0.120. The van der Waals surface area contributed by atoms with Crippen LogP contribution in [-0.4, -0.2) is 53.9 Å². The van der Waals surface area contributed by atoms with Gasteiger partial charge in [0.1, 0.15) is 0 Å². The van der Waals surface area contributed by atoms with Gasteiger partial charge in [-0.25, -0.2) is 0 Å². The van der Waals surface area contributed by atoms with Crippen LogP contribution in [0.2, 0.25) is 0 Å². The predicted molar refractivity (Wildman–Crippen MR) is 74.1 cm³/mol. The summed E-state index contributed by atoms with van der Waals surface area (Å²) in [4.78, 5) is 21.0. The highest BCUT2D eigenvalue weighted by molar-refractivity contribution is 5.95. The molecule has 0 radical (unpaired) electrons. The summed E-state index contributed by atoms with van der Waals surface area (Å²) >= 11 is 0. The Morgan fingerprint density at radius 1 is 1.42 bits per heavy atom. The molecular formula is C15H21N3O. The Bertz CT molecular complexity index is 470. The average Bonchev–Trinajstić information content (AvgIpc) is 2.47. The van der Waals surface area contributed by atoms with Crippen LogP contribution >= 0.6 is 0 Å². The minimum Gasteiger partial charge on any atom is -0.341 e. The smallest absolute Gasteiger partial charge is 0.255 e. The van der Waals surface area contributed by atoms with Gasteiger partial charge in [0, 0.05) is 19.8 Å². The van der Waals surface area contributed by atoms with Gasteiger partial charge in [-0.3, -0.25) is 9.78 Å². The number of pyridine rings is 1. The number of likely N-dealkylation sites (tertiary alicyclic amines) is 1. The van der Waals surface area contributed by atoms with E-state index in [2.05, 4.69) is 9.88 Å². The van der Waals surface area contributed by atoms with Crippen LogP contribution in [0, 0.1) is 5.92 Å². The van der Waals surface area contributed by atoms with Gasteiger partial charge in [-0.05, 0) is 56.9 Å². The molecule has 1 aromatic rings. The molecule has 1 atom stereocenters. The van der Waals surface area contributed by atoms with Gasteiger partial charge in [-0.15, -0.1) is 0 Å². The molecule has 0 bridgehead atoms. The number of rotatable bonds is 3. The lowest BCUT2D eigenvalue weighted by atomic mass is 9.97. The fourth-order valence-corrected chi connectivity index (χ4v) is 2.97. The van der Waals surface area contributed by atoms with Crippen LogP contribution in [0.1, 0.15) is 28.9 Å². The molecule has 1 saturated heterocycles. The summed E-state index contributed by atoms with van der Waals surface area (Å²) in [6.07, 6.45) is 5.23. The fourth-order valence-electron chi connectivity index (χ4n) is 2.97. The molecule has 4 nitrogen and oxygen atoms in total. The summed E-state index contributed by atoms with van der Waals surface area (Å²) in [5, 5.41) is 0. The maximum atomic E-state index is 12.3. The third-order valence-corrected chi connectivity index (χ3v) is 4.28. The number of amides is 1. The lowest BCUT2D eigenvalue weighted by Crippen LogP contribution is -2.39. The predicted octanol–water partition coefficient (Wildman–Crippen LogP) is 1.42. The standard InChI is InChI=1S/C15H21N3O/c1-17-11-12(5-9-18-7-3-8-18)10-14-13(15(17)19)4-2-6-16-14/h2,4,6,12H,3,5,7-11H2,1H3. The van der Waals surface area contributed by atoms with Gasteiger partial charge < -0.3 is 9.80 Å². The van der Waals surface area contributed by atoms with E-state index in [-0.39, 0.29) is 5.91 Å². The van der Waals surface area contributed by atoms with Gasteiger partial charge in [-0.2, -0.15) is 0 Å². The van der Waals surface area contributed by atoms with Gasteiger partial charge in [-0.1, -0.05) is 0 Å². The number of hydrogen-bond acceptors (Lipinski definition) is 3. The third-order valence-electron chi connectivity index (χ3n) is 4.28. The molecule has 2 aliphatic heterocycles. The Morgan fingerprint density at radius 2 is 2.26 bits per heavy atom. The molecule has 0 saturated carbocycles. The van der Waals surface area contributed by atoms with Crippen molar-refractivity contribution >= 4 is 5.91 Å². The van der Waals surface area contributed by atoms with Crippen LogP contribution in [0.3, 0.4) is 0 Å². The van der Waals surface area contributed by atoms with E-state index >= 15 is 0 Å². The number of carbonyl (C=O) groups excluding carboxylic acids is 1. The van der Waals surface area contributed by atoms with Crippen LogP contribution in [0.15, 0.2) is 18.3 Å². The Balaban J connectivity index is 1.72. The summed E-state index contributed by atoms with van der Waals surface area (Å²) < 4.78 is 0. The molecule has 1 fully saturated rings. The quantitative estimate of drug-likeness (QED) is 0.824. The van der Waals surface area contributed by atoms with Crippen molar-refractivity contribution in [2.24, 2.45) is 5.92 Å². The van der Waals surface area contributed by atoms with E-state index in [9.17, 15) is 4.79 Å². The maximum Gasteiger partial charge on any atom is 0.255 e. The number of aromatic nitrogens is 1. The van der Waals surface area contributed by atoms with Crippen molar-refractivity contribution in [3.05, 3.63) is 29.6 Å². The van der Waals surface area contributed by atoms with E-state index in [1.54, 1.807) is 6.20 Å². The van der Waals surface area contributed by atoms with Crippen LogP contribution in [0.25, 0.3) is 0 Å². The Hall–Kier alpha value is -1.42. The second-order valence-corrected chi connectivity index (χ2v) is 5.74. The van der Waals surface area contributed by atoms with Crippen LogP contribution in [0.5, 0.6) is 0 Å². The highest BCUT2D eigenvalue weighted by atomic mass is 16.2. The van der Waals surface area contributed by atoms with E-state index in [0.717, 1.165) is 37.2 Å². The summed E-state index contributed by atoms with van der Waals surface area (Å²) in [7, 11) is 1.90. The SMILES string of the molecule is CN1CC(CCN2CCC2)Cc2ncccc2C1=O. The zero-order valence-corrected chi connectivity index (χ0v) is 11.5. The maximum absolute atomic E-state index is 12.3. The summed E-state index contributed by atoms with van der Waals surface area (Å²) in [6, 6.07) is 3.75. The second-order valence-electron chi connectivity index (χ2n) is 5.74. The summed E-state index contributed by atoms with van der Waals surface area (Å²) in [6.45, 7) is 4.50. The lowest BCUT2D eigenvalue weighted by molar-refractivity contribution is 0.0774. The van der Waals surface area contributed by atoms with E-state index in [1.807, 2.05) is 24.1 Å². The van der Waals surface area contributed by atoms with Crippen molar-refractivity contribution < 1.29 is 4.79 Å². The lowest BCUT2D eigenvalue weighted by Gasteiger charge is -2.32. The molecule has 3 rings (SSSR count). The molecule has 0 N–H and O–H groups in total. The normalized spacial score (nSPS) is 23.7. The number of fused-ring (bicyclic) bond motifs is 1. The molecule has 1 unspecified atom stereocenters. The van der Waals surface area contributed by atoms with Crippen molar-refractivity contribution in [3.63, 3.8) is 0 Å². The van der Waals surface area contributed by atoms with Gasteiger partial charge in [0.2, 0.25) is 0 Å². The molecular weight excluding hydrogens is 238 g/mol. The Labute approximate surface area is 114 Å². The average molecular weight is 259 g/mol. The Kier molecular flexibility index (Phi) is 3.51. The molecule has 3 heterocycles. The van der Waals surface area contributed by atoms with E-state index < -0.39 is 0 Å². The molecule has 1 aromatic heterocycles. The second kappa shape index (κ2) is 5.29. The number of carbonyl (C=O) groups is 1. The molecule has 0 spiro atoms. The molecule has 0 aliphatic carbocycles. The van der Waals surface area contributed by atoms with Gasteiger partial charge in [0.25, 0.3) is 5.91 Å². The minimum atomic E-state index is 0.120. The van der Waals surface area contributed by atoms with Crippen LogP contribution in [0.4, 0.5) is 0 Å². The van der Waals surface area contributed by atoms with Crippen LogP contribution < -0.4 is 0 Å². The van der Waals surface area contributed by atoms with E-state index in [0.29, 0.717) is 5.92 Å². The van der Waals surface area contributed by atoms with E-state index in [1.165, 1.54) is 19.5 Å². The number of nitrogens with zero attached hydrogens (tertiary/aromatic N) is 3. The van der Waals surface area contributed by atoms with Gasteiger partial charge in [0.05, 0.1) is 11.3 Å². The molecule has 102 valence electrons. The van der Waals surface area contributed by atoms with Gasteiger partial charge >= 0.3 is 0 Å². The molecule has 19 heavy (non-hydrogen) atoms. The summed E-state index contributed by atoms with van der Waals surface area (Å²) in [5.74, 6) is 0.653. The highest BCUT2D eigenvalue weighted by Gasteiger charge is 2.26. The van der Waals surface area contributed by atoms with Crippen molar-refractivity contribution in [2.45, 2.75) is 19.3 Å². The molecule has 1 amide bonds. The van der Waals surface area contributed by atoms with Crippen molar-refractivity contribution in [3.8, 4) is 0 Å². The first-order chi connectivity index (χ1) is 9.24.